The molecule has 0 aliphatic heterocycles. The molecule has 1 rings (SSSR count). The van der Waals surface area contributed by atoms with Gasteiger partial charge in [-0.15, -0.1) is 11.6 Å². The molecule has 6 heteroatoms. The number of alkyl halides is 3. The van der Waals surface area contributed by atoms with Crippen molar-refractivity contribution in [3.05, 3.63) is 21.0 Å². The number of ether oxygens (including phenoxy) is 1. The van der Waals surface area contributed by atoms with Gasteiger partial charge >= 0.3 is 0 Å². The fourth-order valence-corrected chi connectivity index (χ4v) is 1.84. The summed E-state index contributed by atoms with van der Waals surface area (Å²) >= 11 is 7.41. The van der Waals surface area contributed by atoms with Gasteiger partial charge in [0.2, 0.25) is 0 Å². The zero-order valence-corrected chi connectivity index (χ0v) is 10.1. The third kappa shape index (κ3) is 2.44. The normalized spacial score (nSPS) is 10.7. The average Bonchev–Trinajstić information content (AvgIpc) is 2.16. The molecule has 0 aliphatic rings. The minimum absolute atomic E-state index is 0.0350. The van der Waals surface area contributed by atoms with Gasteiger partial charge in [0.25, 0.3) is 6.43 Å². The van der Waals surface area contributed by atoms with Crippen LogP contribution in [-0.4, -0.2) is 12.1 Å². The summed E-state index contributed by atoms with van der Waals surface area (Å²) in [5.41, 5.74) is -0.0478. The van der Waals surface area contributed by atoms with Crippen molar-refractivity contribution in [2.75, 3.05) is 7.11 Å². The maximum atomic E-state index is 12.5. The van der Waals surface area contributed by atoms with Crippen molar-refractivity contribution < 1.29 is 13.5 Å². The van der Waals surface area contributed by atoms with E-state index in [9.17, 15) is 8.78 Å². The number of pyridine rings is 1. The number of halogens is 4. The Hall–Kier alpha value is -0.170. The number of nitrogens with zero attached hydrogens (tertiary/aromatic N) is 1. The van der Waals surface area contributed by atoms with Gasteiger partial charge in [0.05, 0.1) is 13.0 Å². The highest BCUT2D eigenvalue weighted by atomic mass is 127. The zero-order valence-electron chi connectivity index (χ0n) is 7.23. The smallest absolute Gasteiger partial charge is 0.280 e. The van der Waals surface area contributed by atoms with Crippen LogP contribution in [-0.2, 0) is 5.88 Å². The van der Waals surface area contributed by atoms with E-state index < -0.39 is 6.43 Å². The topological polar surface area (TPSA) is 22.1 Å². The first kappa shape index (κ1) is 11.9. The highest BCUT2D eigenvalue weighted by Gasteiger charge is 2.19. The Morgan fingerprint density at radius 3 is 2.71 bits per heavy atom. The molecule has 1 heterocycles. The van der Waals surface area contributed by atoms with Crippen molar-refractivity contribution in [1.82, 2.24) is 4.98 Å². The minimum Gasteiger partial charge on any atom is -0.496 e. The Morgan fingerprint density at radius 2 is 2.29 bits per heavy atom. The highest BCUT2D eigenvalue weighted by Crippen LogP contribution is 2.30. The minimum atomic E-state index is -2.63. The lowest BCUT2D eigenvalue weighted by molar-refractivity contribution is 0.144. The summed E-state index contributed by atoms with van der Waals surface area (Å²) < 4.78 is 30.5. The second-order valence-corrected chi connectivity index (χ2v) is 3.82. The van der Waals surface area contributed by atoms with Crippen LogP contribution in [0.4, 0.5) is 8.78 Å². The second-order valence-electron chi connectivity index (χ2n) is 2.45. The highest BCUT2D eigenvalue weighted by molar-refractivity contribution is 14.1. The standard InChI is InChI=1S/C8H7ClF2INO/c1-14-5-2-6(12)13-7(8(10)11)4(5)3-9/h2,8H,3H2,1H3. The van der Waals surface area contributed by atoms with E-state index in [0.29, 0.717) is 9.45 Å². The lowest BCUT2D eigenvalue weighted by Crippen LogP contribution is -2.02. The molecule has 0 N–H and O–H groups in total. The SMILES string of the molecule is COc1cc(I)nc(C(F)F)c1CCl. The number of hydrogen-bond donors (Lipinski definition) is 0. The molecular weight excluding hydrogens is 326 g/mol. The van der Waals surface area contributed by atoms with Gasteiger partial charge in [-0.25, -0.2) is 13.8 Å². The first-order valence-corrected chi connectivity index (χ1v) is 5.29. The van der Waals surface area contributed by atoms with Gasteiger partial charge in [0, 0.05) is 11.6 Å². The van der Waals surface area contributed by atoms with Crippen molar-refractivity contribution in [3.63, 3.8) is 0 Å². The first-order chi connectivity index (χ1) is 6.60. The van der Waals surface area contributed by atoms with Crippen LogP contribution >= 0.6 is 34.2 Å². The fourth-order valence-electron chi connectivity index (χ4n) is 1.03. The van der Waals surface area contributed by atoms with Gasteiger partial charge in [-0.05, 0) is 22.6 Å². The molecule has 1 aromatic rings. The van der Waals surface area contributed by atoms with E-state index in [-0.39, 0.29) is 17.1 Å². The predicted octanol–water partition coefficient (Wildman–Crippen LogP) is 3.37. The Morgan fingerprint density at radius 1 is 1.64 bits per heavy atom. The molecule has 1 aromatic heterocycles. The number of hydrogen-bond acceptors (Lipinski definition) is 2. The summed E-state index contributed by atoms with van der Waals surface area (Å²) in [4.78, 5) is 3.72. The quantitative estimate of drug-likeness (QED) is 0.481. The van der Waals surface area contributed by atoms with E-state index >= 15 is 0 Å². The van der Waals surface area contributed by atoms with Crippen LogP contribution < -0.4 is 4.74 Å². The fraction of sp³-hybridized carbons (Fsp3) is 0.375. The Balaban J connectivity index is 3.31. The van der Waals surface area contributed by atoms with Crippen molar-refractivity contribution in [1.29, 1.82) is 0 Å². The molecule has 0 amide bonds. The van der Waals surface area contributed by atoms with Crippen LogP contribution in [0.5, 0.6) is 5.75 Å². The van der Waals surface area contributed by atoms with Crippen molar-refractivity contribution in [3.8, 4) is 5.75 Å². The Kier molecular flexibility index (Phi) is 4.31. The van der Waals surface area contributed by atoms with Crippen LogP contribution in [0.3, 0.4) is 0 Å². The second kappa shape index (κ2) is 5.06. The van der Waals surface area contributed by atoms with Crippen LogP contribution in [0.15, 0.2) is 6.07 Å². The largest absolute Gasteiger partial charge is 0.496 e. The number of aromatic nitrogens is 1. The van der Waals surface area contributed by atoms with E-state index in [0.717, 1.165) is 0 Å². The van der Waals surface area contributed by atoms with Crippen LogP contribution in [0, 0.1) is 3.70 Å². The molecule has 0 aromatic carbocycles. The summed E-state index contributed by atoms with van der Waals surface area (Å²) in [5.74, 6) is 0.321. The van der Waals surface area contributed by atoms with Crippen molar-refractivity contribution >= 4 is 34.2 Å². The van der Waals surface area contributed by atoms with E-state index in [1.807, 2.05) is 22.6 Å². The van der Waals surface area contributed by atoms with Gasteiger partial charge in [0.1, 0.15) is 15.1 Å². The van der Waals surface area contributed by atoms with Gasteiger partial charge in [0.15, 0.2) is 0 Å². The Labute approximate surface area is 98.8 Å². The first-order valence-electron chi connectivity index (χ1n) is 3.67. The molecule has 0 bridgehead atoms. The molecule has 0 aliphatic carbocycles. The maximum absolute atomic E-state index is 12.5. The van der Waals surface area contributed by atoms with Gasteiger partial charge in [-0.3, -0.25) is 0 Å². The van der Waals surface area contributed by atoms with E-state index in [1.165, 1.54) is 7.11 Å². The summed E-state index contributed by atoms with van der Waals surface area (Å²) in [6.45, 7) is 0. The summed E-state index contributed by atoms with van der Waals surface area (Å²) in [5, 5.41) is 0. The predicted molar refractivity (Wildman–Crippen MR) is 58.0 cm³/mol. The third-order valence-electron chi connectivity index (χ3n) is 1.64. The molecule has 0 unspecified atom stereocenters. The summed E-state index contributed by atoms with van der Waals surface area (Å²) in [7, 11) is 1.41. The van der Waals surface area contributed by atoms with Crippen LogP contribution in [0.2, 0.25) is 0 Å². The van der Waals surface area contributed by atoms with Gasteiger partial charge in [-0.1, -0.05) is 0 Å². The molecule has 78 valence electrons. The number of rotatable bonds is 3. The molecule has 0 saturated carbocycles. The van der Waals surface area contributed by atoms with E-state index in [1.54, 1.807) is 6.07 Å². The lowest BCUT2D eigenvalue weighted by atomic mass is 10.2. The molecule has 14 heavy (non-hydrogen) atoms. The van der Waals surface area contributed by atoms with E-state index in [2.05, 4.69) is 4.98 Å². The number of methoxy groups -OCH3 is 1. The molecular formula is C8H7ClF2INO. The van der Waals surface area contributed by atoms with Crippen molar-refractivity contribution in [2.45, 2.75) is 12.3 Å². The van der Waals surface area contributed by atoms with Gasteiger partial charge in [-0.2, -0.15) is 0 Å². The monoisotopic (exact) mass is 333 g/mol. The molecule has 0 radical (unpaired) electrons. The van der Waals surface area contributed by atoms with E-state index in [4.69, 9.17) is 16.3 Å². The molecule has 0 fully saturated rings. The maximum Gasteiger partial charge on any atom is 0.280 e. The van der Waals surface area contributed by atoms with Crippen LogP contribution in [0.25, 0.3) is 0 Å². The lowest BCUT2D eigenvalue weighted by Gasteiger charge is -2.10. The average molecular weight is 334 g/mol. The molecule has 0 spiro atoms. The molecule has 0 atom stereocenters. The van der Waals surface area contributed by atoms with Crippen molar-refractivity contribution in [2.24, 2.45) is 0 Å². The molecule has 2 nitrogen and oxygen atoms in total. The van der Waals surface area contributed by atoms with Gasteiger partial charge < -0.3 is 4.74 Å². The Bertz CT molecular complexity index is 335. The van der Waals surface area contributed by atoms with Crippen LogP contribution in [0.1, 0.15) is 17.7 Å². The third-order valence-corrected chi connectivity index (χ3v) is 2.46. The summed E-state index contributed by atoms with van der Waals surface area (Å²) in [6.07, 6.45) is -2.63. The summed E-state index contributed by atoms with van der Waals surface area (Å²) in [6, 6.07) is 1.57. The molecule has 0 saturated heterocycles. The zero-order chi connectivity index (χ0) is 10.7.